The third-order valence-corrected chi connectivity index (χ3v) is 7.31. The molecule has 2 heterocycles. The molecule has 1 N–H and O–H groups in total. The molecule has 1 aromatic rings. The maximum absolute atomic E-state index is 12.7. The average molecular weight is 333 g/mol. The van der Waals surface area contributed by atoms with E-state index in [1.54, 1.807) is 7.05 Å². The van der Waals surface area contributed by atoms with Gasteiger partial charge in [0.15, 0.2) is 5.00 Å². The number of nitrogens with zero attached hydrogens (tertiary/aromatic N) is 2. The van der Waals surface area contributed by atoms with E-state index < -0.39 is 14.9 Å². The average Bonchev–Trinajstić information content (AvgIpc) is 2.86. The second kappa shape index (κ2) is 5.90. The molecule has 2 atom stereocenters. The van der Waals surface area contributed by atoms with Crippen LogP contribution >= 0.6 is 11.3 Å². The molecule has 0 aliphatic carbocycles. The summed E-state index contributed by atoms with van der Waals surface area (Å²) in [7, 11) is -2.14. The van der Waals surface area contributed by atoms with Gasteiger partial charge in [-0.05, 0) is 25.7 Å². The van der Waals surface area contributed by atoms with Crippen LogP contribution in [0.15, 0.2) is 10.3 Å². The first-order valence-electron chi connectivity index (χ1n) is 6.75. The molecule has 0 bridgehead atoms. The van der Waals surface area contributed by atoms with Crippen LogP contribution in [0.1, 0.15) is 26.7 Å². The zero-order valence-corrected chi connectivity index (χ0v) is 13.8. The van der Waals surface area contributed by atoms with E-state index in [0.717, 1.165) is 30.2 Å². The largest absolute Gasteiger partial charge is 0.374 e. The fourth-order valence-corrected chi connectivity index (χ4v) is 5.69. The van der Waals surface area contributed by atoms with E-state index in [1.165, 1.54) is 4.31 Å². The molecule has 1 saturated heterocycles. The van der Waals surface area contributed by atoms with E-state index >= 15 is 0 Å². The Morgan fingerprint density at radius 3 is 2.62 bits per heavy atom. The first kappa shape index (κ1) is 16.2. The van der Waals surface area contributed by atoms with Crippen molar-refractivity contribution in [2.45, 2.75) is 36.9 Å². The van der Waals surface area contributed by atoms with E-state index in [9.17, 15) is 18.5 Å². The van der Waals surface area contributed by atoms with Gasteiger partial charge in [-0.2, -0.15) is 4.31 Å². The van der Waals surface area contributed by atoms with Crippen molar-refractivity contribution in [3.05, 3.63) is 16.2 Å². The molecule has 0 saturated carbocycles. The number of thiophene rings is 1. The zero-order chi connectivity index (χ0) is 15.8. The van der Waals surface area contributed by atoms with Gasteiger partial charge in [-0.25, -0.2) is 8.42 Å². The lowest BCUT2D eigenvalue weighted by atomic mass is 9.97. The summed E-state index contributed by atoms with van der Waals surface area (Å²) >= 11 is 0.909. The Balaban J connectivity index is 2.41. The second-order valence-corrected chi connectivity index (χ2v) is 8.56. The molecule has 9 heteroatoms. The molecular formula is C12H19N3O4S2. The van der Waals surface area contributed by atoms with Gasteiger partial charge in [-0.3, -0.25) is 10.1 Å². The molecule has 1 aliphatic rings. The molecule has 2 rings (SSSR count). The number of anilines is 1. The van der Waals surface area contributed by atoms with Gasteiger partial charge in [0.25, 0.3) is 10.0 Å². The van der Waals surface area contributed by atoms with Gasteiger partial charge in [0.2, 0.25) is 0 Å². The molecule has 0 amide bonds. The Kier molecular flexibility index (Phi) is 4.54. The highest BCUT2D eigenvalue weighted by Gasteiger charge is 2.36. The van der Waals surface area contributed by atoms with E-state index in [2.05, 4.69) is 5.32 Å². The highest BCUT2D eigenvalue weighted by Crippen LogP contribution is 2.39. The van der Waals surface area contributed by atoms with Gasteiger partial charge in [0, 0.05) is 25.7 Å². The molecule has 0 radical (unpaired) electrons. The minimum atomic E-state index is -3.68. The van der Waals surface area contributed by atoms with Crippen LogP contribution in [0.2, 0.25) is 0 Å². The summed E-state index contributed by atoms with van der Waals surface area (Å²) in [6.45, 7) is 4.36. The van der Waals surface area contributed by atoms with Crippen molar-refractivity contribution in [3.8, 4) is 0 Å². The van der Waals surface area contributed by atoms with Gasteiger partial charge in [-0.15, -0.1) is 0 Å². The monoisotopic (exact) mass is 333 g/mol. The van der Waals surface area contributed by atoms with Crippen LogP contribution in [0.25, 0.3) is 0 Å². The highest BCUT2D eigenvalue weighted by atomic mass is 32.2. The summed E-state index contributed by atoms with van der Waals surface area (Å²) in [6.07, 6.45) is 1.81. The van der Waals surface area contributed by atoms with Gasteiger partial charge in [0.1, 0.15) is 4.21 Å². The second-order valence-electron chi connectivity index (χ2n) is 5.39. The van der Waals surface area contributed by atoms with Gasteiger partial charge >= 0.3 is 5.69 Å². The summed E-state index contributed by atoms with van der Waals surface area (Å²) in [5.74, 6) is 0.301. The lowest BCUT2D eigenvalue weighted by Crippen LogP contribution is -2.44. The highest BCUT2D eigenvalue weighted by molar-refractivity contribution is 7.91. The maximum atomic E-state index is 12.7. The predicted molar refractivity (Wildman–Crippen MR) is 82.3 cm³/mol. The standard InChI is InChI=1S/C12H19N3O4S2/c1-8-4-5-9(2)14(7-8)21(18,19)11-6-10(15(16)17)12(13-3)20-11/h6,8-9,13H,4-5,7H2,1-3H3. The normalized spacial score (nSPS) is 24.0. The zero-order valence-electron chi connectivity index (χ0n) is 12.2. The molecule has 1 aliphatic heterocycles. The van der Waals surface area contributed by atoms with E-state index in [-0.39, 0.29) is 20.9 Å². The third kappa shape index (κ3) is 3.04. The summed E-state index contributed by atoms with van der Waals surface area (Å²) in [6, 6.07) is 1.07. The van der Waals surface area contributed by atoms with Crippen LogP contribution in [0, 0.1) is 16.0 Å². The molecule has 118 valence electrons. The van der Waals surface area contributed by atoms with Crippen molar-refractivity contribution in [2.24, 2.45) is 5.92 Å². The van der Waals surface area contributed by atoms with Gasteiger partial charge in [0.05, 0.1) is 4.92 Å². The number of nitro groups is 1. The van der Waals surface area contributed by atoms with Crippen LogP contribution in [-0.2, 0) is 10.0 Å². The first-order valence-corrected chi connectivity index (χ1v) is 9.00. The van der Waals surface area contributed by atoms with E-state index in [0.29, 0.717) is 12.5 Å². The van der Waals surface area contributed by atoms with Gasteiger partial charge in [-0.1, -0.05) is 18.3 Å². The Morgan fingerprint density at radius 2 is 2.10 bits per heavy atom. The lowest BCUT2D eigenvalue weighted by molar-refractivity contribution is -0.383. The fraction of sp³-hybridized carbons (Fsp3) is 0.667. The molecule has 2 unspecified atom stereocenters. The van der Waals surface area contributed by atoms with Crippen LogP contribution < -0.4 is 5.32 Å². The van der Waals surface area contributed by atoms with Gasteiger partial charge < -0.3 is 5.32 Å². The summed E-state index contributed by atoms with van der Waals surface area (Å²) in [5.41, 5.74) is -0.196. The van der Waals surface area contributed by atoms with Crippen molar-refractivity contribution >= 4 is 32.0 Å². The Labute approximate surface area is 128 Å². The lowest BCUT2D eigenvalue weighted by Gasteiger charge is -2.35. The summed E-state index contributed by atoms with van der Waals surface area (Å²) < 4.78 is 27.0. The number of sulfonamides is 1. The van der Waals surface area contributed by atoms with Crippen molar-refractivity contribution in [3.63, 3.8) is 0 Å². The van der Waals surface area contributed by atoms with Crippen LogP contribution in [-0.4, -0.2) is 37.3 Å². The molecular weight excluding hydrogens is 314 g/mol. The number of hydrogen-bond donors (Lipinski definition) is 1. The summed E-state index contributed by atoms with van der Waals surface area (Å²) in [5, 5.41) is 13.9. The molecule has 1 aromatic heterocycles. The third-order valence-electron chi connectivity index (χ3n) is 3.74. The number of hydrogen-bond acceptors (Lipinski definition) is 6. The summed E-state index contributed by atoms with van der Waals surface area (Å²) in [4.78, 5) is 10.4. The minimum absolute atomic E-state index is 0.0273. The Morgan fingerprint density at radius 1 is 1.43 bits per heavy atom. The molecule has 21 heavy (non-hydrogen) atoms. The predicted octanol–water partition coefficient (Wildman–Crippen LogP) is 2.51. The van der Waals surface area contributed by atoms with Crippen LogP contribution in [0.5, 0.6) is 0 Å². The van der Waals surface area contributed by atoms with Crippen molar-refractivity contribution < 1.29 is 13.3 Å². The first-order chi connectivity index (χ1) is 9.77. The Bertz CT molecular complexity index is 641. The van der Waals surface area contributed by atoms with E-state index in [4.69, 9.17) is 0 Å². The molecule has 0 aromatic carbocycles. The van der Waals surface area contributed by atoms with E-state index in [1.807, 2.05) is 13.8 Å². The topological polar surface area (TPSA) is 92.6 Å². The number of rotatable bonds is 4. The SMILES string of the molecule is CNc1sc(S(=O)(=O)N2CC(C)CCC2C)cc1[N+](=O)[O-]. The smallest absolute Gasteiger partial charge is 0.304 e. The van der Waals surface area contributed by atoms with Crippen LogP contribution in [0.3, 0.4) is 0 Å². The quantitative estimate of drug-likeness (QED) is 0.675. The number of piperidine rings is 1. The minimum Gasteiger partial charge on any atom is -0.374 e. The fourth-order valence-electron chi connectivity index (χ4n) is 2.50. The molecule has 1 fully saturated rings. The van der Waals surface area contributed by atoms with Crippen molar-refractivity contribution in [1.29, 1.82) is 0 Å². The van der Waals surface area contributed by atoms with Crippen molar-refractivity contribution in [2.75, 3.05) is 18.9 Å². The van der Waals surface area contributed by atoms with Crippen LogP contribution in [0.4, 0.5) is 10.7 Å². The number of nitrogens with one attached hydrogen (secondary N) is 1. The molecule has 0 spiro atoms. The molecule has 7 nitrogen and oxygen atoms in total. The maximum Gasteiger partial charge on any atom is 0.304 e. The Hall–Kier alpha value is -1.19. The van der Waals surface area contributed by atoms with Crippen molar-refractivity contribution in [1.82, 2.24) is 4.31 Å².